The fourth-order valence-corrected chi connectivity index (χ4v) is 2.06. The molecule has 96 valence electrons. The van der Waals surface area contributed by atoms with E-state index in [-0.39, 0.29) is 5.24 Å². The van der Waals surface area contributed by atoms with Crippen molar-refractivity contribution < 1.29 is 4.79 Å². The summed E-state index contributed by atoms with van der Waals surface area (Å²) in [6.07, 6.45) is 15.4. The molecule has 1 aliphatic carbocycles. The number of carbonyl (C=O) groups excluding carboxylic acids is 1. The van der Waals surface area contributed by atoms with E-state index in [4.69, 9.17) is 11.6 Å². The molecule has 0 saturated heterocycles. The van der Waals surface area contributed by atoms with Gasteiger partial charge >= 0.3 is 0 Å². The average molecular weight is 247 g/mol. The zero-order valence-corrected chi connectivity index (χ0v) is 11.5. The van der Waals surface area contributed by atoms with Gasteiger partial charge in [-0.1, -0.05) is 71.1 Å². The van der Waals surface area contributed by atoms with Crippen LogP contribution in [0.3, 0.4) is 0 Å². The SMILES string of the molecule is C1CCCCC1.CCCCCCCC(=O)Cl. The van der Waals surface area contributed by atoms with E-state index >= 15 is 0 Å². The molecule has 0 atom stereocenters. The Balaban J connectivity index is 0.000000315. The van der Waals surface area contributed by atoms with Crippen molar-refractivity contribution >= 4 is 16.8 Å². The van der Waals surface area contributed by atoms with Crippen LogP contribution in [0.5, 0.6) is 0 Å². The first-order valence-electron chi connectivity index (χ1n) is 6.95. The molecule has 0 aromatic carbocycles. The van der Waals surface area contributed by atoms with Crippen LogP contribution in [-0.2, 0) is 4.79 Å². The van der Waals surface area contributed by atoms with E-state index in [9.17, 15) is 4.79 Å². The first kappa shape index (κ1) is 16.0. The lowest BCUT2D eigenvalue weighted by Crippen LogP contribution is -1.85. The fourth-order valence-electron chi connectivity index (χ4n) is 1.93. The molecule has 2 heteroatoms. The van der Waals surface area contributed by atoms with Gasteiger partial charge in [0.2, 0.25) is 5.24 Å². The van der Waals surface area contributed by atoms with E-state index in [1.165, 1.54) is 57.8 Å². The molecule has 0 unspecified atom stereocenters. The summed E-state index contributed by atoms with van der Waals surface area (Å²) in [5.41, 5.74) is 0. The van der Waals surface area contributed by atoms with Gasteiger partial charge in [0.25, 0.3) is 0 Å². The van der Waals surface area contributed by atoms with Crippen LogP contribution in [0.25, 0.3) is 0 Å². The van der Waals surface area contributed by atoms with Crippen LogP contribution >= 0.6 is 11.6 Å². The van der Waals surface area contributed by atoms with Crippen LogP contribution in [-0.4, -0.2) is 5.24 Å². The summed E-state index contributed by atoms with van der Waals surface area (Å²) in [6.45, 7) is 2.17. The van der Waals surface area contributed by atoms with E-state index in [2.05, 4.69) is 6.92 Å². The number of halogens is 1. The lowest BCUT2D eigenvalue weighted by atomic mass is 10.0. The van der Waals surface area contributed by atoms with Gasteiger partial charge in [0.05, 0.1) is 0 Å². The number of hydrogen-bond acceptors (Lipinski definition) is 1. The van der Waals surface area contributed by atoms with Crippen molar-refractivity contribution in [3.63, 3.8) is 0 Å². The van der Waals surface area contributed by atoms with Crippen molar-refractivity contribution in [2.75, 3.05) is 0 Å². The maximum atomic E-state index is 10.2. The topological polar surface area (TPSA) is 17.1 Å². The summed E-state index contributed by atoms with van der Waals surface area (Å²) in [5, 5.41) is -0.198. The minimum atomic E-state index is -0.198. The molecule has 1 saturated carbocycles. The Kier molecular flexibility index (Phi) is 13.0. The standard InChI is InChI=1S/C8H15ClO.C6H12/c1-2-3-4-5-6-7-8(9)10;1-2-4-6-5-3-1/h2-7H2,1H3;1-6H2. The third kappa shape index (κ3) is 14.0. The Morgan fingerprint density at radius 2 is 1.31 bits per heavy atom. The van der Waals surface area contributed by atoms with E-state index in [1.54, 1.807) is 0 Å². The summed E-state index contributed by atoms with van der Waals surface area (Å²) in [5.74, 6) is 0. The summed E-state index contributed by atoms with van der Waals surface area (Å²) < 4.78 is 0. The quantitative estimate of drug-likeness (QED) is 0.450. The van der Waals surface area contributed by atoms with E-state index in [0.29, 0.717) is 6.42 Å². The molecule has 1 nitrogen and oxygen atoms in total. The minimum Gasteiger partial charge on any atom is -0.281 e. The molecule has 0 spiro atoms. The Bertz CT molecular complexity index is 141. The second-order valence-electron chi connectivity index (χ2n) is 4.64. The molecule has 1 rings (SSSR count). The number of carbonyl (C=O) groups is 1. The molecule has 0 aliphatic heterocycles. The minimum absolute atomic E-state index is 0.198. The highest BCUT2D eigenvalue weighted by atomic mass is 35.5. The molecular weight excluding hydrogens is 220 g/mol. The molecular formula is C14H27ClO. The van der Waals surface area contributed by atoms with Crippen molar-refractivity contribution in [1.29, 1.82) is 0 Å². The van der Waals surface area contributed by atoms with Crippen LogP contribution in [0, 0.1) is 0 Å². The zero-order valence-electron chi connectivity index (χ0n) is 10.8. The first-order chi connectivity index (χ1) is 7.77. The Labute approximate surface area is 106 Å². The van der Waals surface area contributed by atoms with Crippen LogP contribution < -0.4 is 0 Å². The number of unbranched alkanes of at least 4 members (excludes halogenated alkanes) is 4. The molecule has 0 bridgehead atoms. The number of hydrogen-bond donors (Lipinski definition) is 0. The zero-order chi connectivity index (χ0) is 12.1. The summed E-state index contributed by atoms with van der Waals surface area (Å²) >= 11 is 5.15. The van der Waals surface area contributed by atoms with Gasteiger partial charge in [-0.3, -0.25) is 4.79 Å². The molecule has 16 heavy (non-hydrogen) atoms. The number of rotatable bonds is 6. The molecule has 0 radical (unpaired) electrons. The van der Waals surface area contributed by atoms with Gasteiger partial charge in [-0.25, -0.2) is 0 Å². The molecule has 0 N–H and O–H groups in total. The van der Waals surface area contributed by atoms with Crippen molar-refractivity contribution in [3.05, 3.63) is 0 Å². The predicted molar refractivity (Wildman–Crippen MR) is 71.9 cm³/mol. The third-order valence-corrected chi connectivity index (χ3v) is 3.17. The van der Waals surface area contributed by atoms with Crippen LogP contribution in [0.2, 0.25) is 0 Å². The maximum absolute atomic E-state index is 10.2. The van der Waals surface area contributed by atoms with Gasteiger partial charge < -0.3 is 0 Å². The highest BCUT2D eigenvalue weighted by Gasteiger charge is 1.95. The summed E-state index contributed by atoms with van der Waals surface area (Å²) in [6, 6.07) is 0. The average Bonchev–Trinajstić information content (AvgIpc) is 2.31. The van der Waals surface area contributed by atoms with Gasteiger partial charge in [-0.15, -0.1) is 0 Å². The second kappa shape index (κ2) is 13.0. The highest BCUT2D eigenvalue weighted by Crippen LogP contribution is 2.15. The lowest BCUT2D eigenvalue weighted by Gasteiger charge is -2.05. The van der Waals surface area contributed by atoms with Crippen molar-refractivity contribution in [1.82, 2.24) is 0 Å². The van der Waals surface area contributed by atoms with Crippen molar-refractivity contribution in [3.8, 4) is 0 Å². The van der Waals surface area contributed by atoms with Gasteiger partial charge in [-0.2, -0.15) is 0 Å². The first-order valence-corrected chi connectivity index (χ1v) is 7.33. The van der Waals surface area contributed by atoms with E-state index in [1.807, 2.05) is 0 Å². The largest absolute Gasteiger partial charge is 0.281 e. The van der Waals surface area contributed by atoms with Gasteiger partial charge in [0, 0.05) is 6.42 Å². The fraction of sp³-hybridized carbons (Fsp3) is 0.929. The lowest BCUT2D eigenvalue weighted by molar-refractivity contribution is -0.111. The smallest absolute Gasteiger partial charge is 0.221 e. The Hall–Kier alpha value is -0.0400. The second-order valence-corrected chi connectivity index (χ2v) is 5.06. The Morgan fingerprint density at radius 3 is 1.69 bits per heavy atom. The maximum Gasteiger partial charge on any atom is 0.221 e. The molecule has 0 heterocycles. The van der Waals surface area contributed by atoms with Gasteiger partial charge in [-0.05, 0) is 18.0 Å². The van der Waals surface area contributed by atoms with Crippen LogP contribution in [0.15, 0.2) is 0 Å². The van der Waals surface area contributed by atoms with Crippen molar-refractivity contribution in [2.45, 2.75) is 84.0 Å². The summed E-state index contributed by atoms with van der Waals surface area (Å²) in [7, 11) is 0. The van der Waals surface area contributed by atoms with Crippen LogP contribution in [0.4, 0.5) is 0 Å². The monoisotopic (exact) mass is 246 g/mol. The van der Waals surface area contributed by atoms with Gasteiger partial charge in [0.15, 0.2) is 0 Å². The van der Waals surface area contributed by atoms with Crippen LogP contribution in [0.1, 0.15) is 84.0 Å². The predicted octanol–water partition coefficient (Wildman–Crippen LogP) is 5.45. The van der Waals surface area contributed by atoms with E-state index < -0.39 is 0 Å². The van der Waals surface area contributed by atoms with E-state index in [0.717, 1.165) is 12.8 Å². The molecule has 0 aromatic rings. The normalized spacial score (nSPS) is 15.1. The third-order valence-electron chi connectivity index (χ3n) is 2.98. The van der Waals surface area contributed by atoms with Gasteiger partial charge in [0.1, 0.15) is 0 Å². The molecule has 0 aromatic heterocycles. The summed E-state index contributed by atoms with van der Waals surface area (Å²) in [4.78, 5) is 10.2. The molecule has 0 amide bonds. The molecule has 1 aliphatic rings. The highest BCUT2D eigenvalue weighted by molar-refractivity contribution is 6.63. The molecule has 1 fully saturated rings. The van der Waals surface area contributed by atoms with Crippen molar-refractivity contribution in [2.24, 2.45) is 0 Å². The Morgan fingerprint density at radius 1 is 0.875 bits per heavy atom.